The largest absolute Gasteiger partial charge is 0.395 e. The maximum absolute atomic E-state index is 9.21. The summed E-state index contributed by atoms with van der Waals surface area (Å²) in [4.78, 5) is 0. The Morgan fingerprint density at radius 1 is 1.29 bits per heavy atom. The van der Waals surface area contributed by atoms with Crippen LogP contribution in [0.25, 0.3) is 0 Å². The van der Waals surface area contributed by atoms with Crippen LogP contribution in [0.3, 0.4) is 0 Å². The molecule has 1 aliphatic carbocycles. The molecule has 1 fully saturated rings. The summed E-state index contributed by atoms with van der Waals surface area (Å²) in [5.41, 5.74) is 0. The van der Waals surface area contributed by atoms with Gasteiger partial charge in [-0.05, 0) is 31.6 Å². The van der Waals surface area contributed by atoms with Gasteiger partial charge in [0.15, 0.2) is 0 Å². The average Bonchev–Trinajstić information content (AvgIpc) is 2.86. The smallest absolute Gasteiger partial charge is 0.0584 e. The second-order valence-corrected chi connectivity index (χ2v) is 5.26. The van der Waals surface area contributed by atoms with Crippen molar-refractivity contribution < 1.29 is 5.11 Å². The fourth-order valence-electron chi connectivity index (χ4n) is 2.09. The molecule has 2 atom stereocenters. The Bertz CT molecular complexity index is 154. The Kier molecular flexibility index (Phi) is 4.90. The van der Waals surface area contributed by atoms with Gasteiger partial charge in [-0.25, -0.2) is 0 Å². The topological polar surface area (TPSA) is 32.3 Å². The van der Waals surface area contributed by atoms with E-state index >= 15 is 0 Å². The minimum atomic E-state index is 0.271. The second-order valence-electron chi connectivity index (χ2n) is 5.26. The normalized spacial score (nSPS) is 21.2. The van der Waals surface area contributed by atoms with Gasteiger partial charge in [0, 0.05) is 12.1 Å². The molecule has 1 saturated carbocycles. The van der Waals surface area contributed by atoms with Crippen LogP contribution in [0.4, 0.5) is 0 Å². The van der Waals surface area contributed by atoms with E-state index in [9.17, 15) is 5.11 Å². The van der Waals surface area contributed by atoms with Crippen LogP contribution in [0.1, 0.15) is 46.5 Å². The predicted molar refractivity (Wildman–Crippen MR) is 60.3 cm³/mol. The molecule has 84 valence electrons. The summed E-state index contributed by atoms with van der Waals surface area (Å²) in [5, 5.41) is 12.7. The van der Waals surface area contributed by atoms with Crippen LogP contribution in [0.5, 0.6) is 0 Å². The lowest BCUT2D eigenvalue weighted by Gasteiger charge is -2.23. The van der Waals surface area contributed by atoms with E-state index in [0.717, 1.165) is 12.3 Å². The highest BCUT2D eigenvalue weighted by molar-refractivity contribution is 4.80. The standard InChI is InChI=1S/C12H25NO/c1-9(2)6-12(8-14)13-10(3)7-11-4-5-11/h9-14H,4-8H2,1-3H3. The molecule has 0 spiro atoms. The van der Waals surface area contributed by atoms with Crippen molar-refractivity contribution in [2.24, 2.45) is 11.8 Å². The van der Waals surface area contributed by atoms with Crippen molar-refractivity contribution in [1.82, 2.24) is 5.32 Å². The molecule has 0 aromatic carbocycles. The Hall–Kier alpha value is -0.0800. The molecule has 2 N–H and O–H groups in total. The van der Waals surface area contributed by atoms with E-state index in [2.05, 4.69) is 26.1 Å². The van der Waals surface area contributed by atoms with E-state index in [-0.39, 0.29) is 6.61 Å². The fourth-order valence-corrected chi connectivity index (χ4v) is 2.09. The quantitative estimate of drug-likeness (QED) is 0.658. The Morgan fingerprint density at radius 3 is 2.36 bits per heavy atom. The van der Waals surface area contributed by atoms with Gasteiger partial charge in [-0.1, -0.05) is 26.7 Å². The van der Waals surface area contributed by atoms with E-state index in [1.807, 2.05) is 0 Å². The molecule has 2 nitrogen and oxygen atoms in total. The number of rotatable bonds is 7. The van der Waals surface area contributed by atoms with Gasteiger partial charge in [-0.15, -0.1) is 0 Å². The Morgan fingerprint density at radius 2 is 1.93 bits per heavy atom. The zero-order valence-electron chi connectivity index (χ0n) is 9.79. The SMILES string of the molecule is CC(C)CC(CO)NC(C)CC1CC1. The first-order valence-electron chi connectivity index (χ1n) is 5.98. The fraction of sp³-hybridized carbons (Fsp3) is 1.00. The number of nitrogens with one attached hydrogen (secondary N) is 1. The third-order valence-electron chi connectivity index (χ3n) is 2.88. The van der Waals surface area contributed by atoms with Gasteiger partial charge in [0.1, 0.15) is 0 Å². The van der Waals surface area contributed by atoms with Gasteiger partial charge >= 0.3 is 0 Å². The minimum absolute atomic E-state index is 0.271. The number of hydrogen-bond acceptors (Lipinski definition) is 2. The summed E-state index contributed by atoms with van der Waals surface area (Å²) < 4.78 is 0. The first-order valence-corrected chi connectivity index (χ1v) is 5.98. The van der Waals surface area contributed by atoms with Crippen molar-refractivity contribution in [3.8, 4) is 0 Å². The maximum Gasteiger partial charge on any atom is 0.0584 e. The van der Waals surface area contributed by atoms with Crippen LogP contribution >= 0.6 is 0 Å². The zero-order chi connectivity index (χ0) is 10.6. The van der Waals surface area contributed by atoms with Crippen LogP contribution in [0.15, 0.2) is 0 Å². The van der Waals surface area contributed by atoms with Crippen LogP contribution in [0, 0.1) is 11.8 Å². The molecule has 0 saturated heterocycles. The highest BCUT2D eigenvalue weighted by atomic mass is 16.3. The van der Waals surface area contributed by atoms with Crippen LogP contribution < -0.4 is 5.32 Å². The summed E-state index contributed by atoms with van der Waals surface area (Å²) >= 11 is 0. The number of aliphatic hydroxyl groups is 1. The van der Waals surface area contributed by atoms with Gasteiger partial charge in [0.25, 0.3) is 0 Å². The van der Waals surface area contributed by atoms with E-state index in [1.165, 1.54) is 19.3 Å². The average molecular weight is 199 g/mol. The third-order valence-corrected chi connectivity index (χ3v) is 2.88. The molecule has 0 aliphatic heterocycles. The highest BCUT2D eigenvalue weighted by Gasteiger charge is 2.24. The lowest BCUT2D eigenvalue weighted by Crippen LogP contribution is -2.40. The van der Waals surface area contributed by atoms with E-state index in [1.54, 1.807) is 0 Å². The third kappa shape index (κ3) is 4.97. The molecule has 2 heteroatoms. The second kappa shape index (κ2) is 5.72. The van der Waals surface area contributed by atoms with E-state index in [0.29, 0.717) is 18.0 Å². The predicted octanol–water partition coefficient (Wildman–Crippen LogP) is 2.17. The molecule has 0 amide bonds. The molecular formula is C12H25NO. The molecule has 2 unspecified atom stereocenters. The molecule has 0 aromatic heterocycles. The Labute approximate surface area is 88.1 Å². The lowest BCUT2D eigenvalue weighted by molar-refractivity contribution is 0.212. The lowest BCUT2D eigenvalue weighted by atomic mass is 10.0. The number of aliphatic hydroxyl groups excluding tert-OH is 1. The van der Waals surface area contributed by atoms with Gasteiger partial charge in [0.2, 0.25) is 0 Å². The summed E-state index contributed by atoms with van der Waals surface area (Å²) in [5.74, 6) is 1.63. The van der Waals surface area contributed by atoms with Gasteiger partial charge < -0.3 is 10.4 Å². The van der Waals surface area contributed by atoms with Crippen LogP contribution in [-0.4, -0.2) is 23.8 Å². The molecule has 0 heterocycles. The van der Waals surface area contributed by atoms with Gasteiger partial charge in [-0.2, -0.15) is 0 Å². The van der Waals surface area contributed by atoms with E-state index in [4.69, 9.17) is 0 Å². The monoisotopic (exact) mass is 199 g/mol. The molecule has 0 radical (unpaired) electrons. The Balaban J connectivity index is 2.16. The minimum Gasteiger partial charge on any atom is -0.395 e. The van der Waals surface area contributed by atoms with Crippen molar-refractivity contribution in [2.75, 3.05) is 6.61 Å². The van der Waals surface area contributed by atoms with Crippen molar-refractivity contribution in [1.29, 1.82) is 0 Å². The molecule has 1 rings (SSSR count). The van der Waals surface area contributed by atoms with Crippen molar-refractivity contribution in [3.63, 3.8) is 0 Å². The first kappa shape index (κ1) is 12.0. The zero-order valence-corrected chi connectivity index (χ0v) is 9.79. The van der Waals surface area contributed by atoms with Gasteiger partial charge in [0.05, 0.1) is 6.61 Å². The molecule has 1 aliphatic rings. The van der Waals surface area contributed by atoms with Crippen molar-refractivity contribution in [2.45, 2.75) is 58.5 Å². The van der Waals surface area contributed by atoms with E-state index < -0.39 is 0 Å². The van der Waals surface area contributed by atoms with Crippen LogP contribution in [0.2, 0.25) is 0 Å². The molecule has 14 heavy (non-hydrogen) atoms. The highest BCUT2D eigenvalue weighted by Crippen LogP contribution is 2.33. The first-order chi connectivity index (χ1) is 6.61. The summed E-state index contributed by atoms with van der Waals surface area (Å²) in [6, 6.07) is 0.863. The van der Waals surface area contributed by atoms with Crippen molar-refractivity contribution >= 4 is 0 Å². The van der Waals surface area contributed by atoms with Gasteiger partial charge in [-0.3, -0.25) is 0 Å². The van der Waals surface area contributed by atoms with Crippen LogP contribution in [-0.2, 0) is 0 Å². The molecule has 0 aromatic rings. The summed E-state index contributed by atoms with van der Waals surface area (Å²) in [6.45, 7) is 6.92. The van der Waals surface area contributed by atoms with Crippen molar-refractivity contribution in [3.05, 3.63) is 0 Å². The maximum atomic E-state index is 9.21. The summed E-state index contributed by atoms with van der Waals surface area (Å²) in [7, 11) is 0. The number of hydrogen-bond donors (Lipinski definition) is 2. The summed E-state index contributed by atoms with van der Waals surface area (Å²) in [6.07, 6.45) is 5.19. The molecular weight excluding hydrogens is 174 g/mol. The molecule has 0 bridgehead atoms.